The van der Waals surface area contributed by atoms with Crippen LogP contribution in [0.25, 0.3) is 23.1 Å². The van der Waals surface area contributed by atoms with Gasteiger partial charge in [-0.1, -0.05) is 88.0 Å². The third-order valence-corrected chi connectivity index (χ3v) is 19.8. The van der Waals surface area contributed by atoms with E-state index in [0.717, 1.165) is 11.6 Å². The van der Waals surface area contributed by atoms with Crippen LogP contribution in [0.3, 0.4) is 0 Å². The highest BCUT2D eigenvalue weighted by Gasteiger charge is 2.39. The molecule has 5 aromatic rings. The predicted octanol–water partition coefficient (Wildman–Crippen LogP) is -2.87. The molecule has 1 fully saturated rings. The Labute approximate surface area is 688 Å². The van der Waals surface area contributed by atoms with Gasteiger partial charge in [-0.3, -0.25) is 67.3 Å². The summed E-state index contributed by atoms with van der Waals surface area (Å²) >= 11 is 1.26. The minimum Gasteiger partial charge on any atom is -0.464 e. The SMILES string of the molecule is CNC(=O)c1ccccc1Sc1ccc2c(/C=C/c3ccccn3)nn(C(=O)N(CCOC(=O)C(C)C)CCC(=O)N[C@@H](CCN)C(=O)N[C@H](C(=O)N[C@@H](CCN)C(=O)N[C@H]3CCNC(=O)[C@H]([C@@H](C)O)NC(=O)[C@H](CCN)NC(=O)[C@H](CCN)NC(=O)[C@H](CC(C)C)NC(=O)[C@@H](Cc4ccccc4)NC(=O)[C@H](CCN)NC3=O)[C@@H](C)O)c2c1. The second-order valence-corrected chi connectivity index (χ2v) is 30.0. The summed E-state index contributed by atoms with van der Waals surface area (Å²) in [5, 5.41) is 58.0. The molecule has 0 saturated carbocycles. The van der Waals surface area contributed by atoms with E-state index in [1.54, 1.807) is 137 Å². The van der Waals surface area contributed by atoms with Crippen LogP contribution in [0.4, 0.5) is 4.79 Å². The summed E-state index contributed by atoms with van der Waals surface area (Å²) in [6, 6.07) is 9.43. The molecule has 0 aliphatic carbocycles. The van der Waals surface area contributed by atoms with Crippen molar-refractivity contribution >= 4 is 118 Å². The number of ether oxygens (including phenoxy) is 1. The van der Waals surface area contributed by atoms with E-state index in [9.17, 15) is 72.5 Å². The second-order valence-electron chi connectivity index (χ2n) is 28.9. The molecule has 39 heteroatoms. The minimum atomic E-state index is -1.89. The molecule has 24 N–H and O–H groups in total. The highest BCUT2D eigenvalue weighted by atomic mass is 32.2. The monoisotopic (exact) mass is 1660 g/mol. The number of nitrogens with zero attached hydrogens (tertiary/aromatic N) is 4. The number of aromatic nitrogens is 3. The van der Waals surface area contributed by atoms with Gasteiger partial charge >= 0.3 is 12.0 Å². The zero-order valence-corrected chi connectivity index (χ0v) is 68.1. The molecule has 1 aliphatic rings. The zero-order chi connectivity index (χ0) is 86.7. The number of amides is 13. The summed E-state index contributed by atoms with van der Waals surface area (Å²) in [4.78, 5) is 206. The van der Waals surface area contributed by atoms with Gasteiger partial charge in [0, 0.05) is 54.4 Å². The van der Waals surface area contributed by atoms with E-state index in [1.165, 1.54) is 30.6 Å². The molecule has 6 rings (SSSR count). The van der Waals surface area contributed by atoms with Gasteiger partial charge in [-0.2, -0.15) is 9.78 Å². The van der Waals surface area contributed by atoms with E-state index >= 15 is 4.79 Å². The number of hydrogen-bond donors (Lipinski definition) is 19. The number of fused-ring (bicyclic) bond motifs is 1. The van der Waals surface area contributed by atoms with Crippen LogP contribution in [-0.2, 0) is 68.7 Å². The van der Waals surface area contributed by atoms with Gasteiger partial charge < -0.3 is 112 Å². The molecule has 0 spiro atoms. The molecule has 0 bridgehead atoms. The molecule has 12 atom stereocenters. The van der Waals surface area contributed by atoms with E-state index in [0.29, 0.717) is 43.2 Å². The Kier molecular flexibility index (Phi) is 39.2. The normalized spacial score (nSPS) is 19.5. The molecule has 0 radical (unpaired) electrons. The second kappa shape index (κ2) is 48.4. The van der Waals surface area contributed by atoms with Crippen molar-refractivity contribution in [2.24, 2.45) is 40.5 Å². The Morgan fingerprint density at radius 3 is 1.79 bits per heavy atom. The molecule has 1 saturated heterocycles. The van der Waals surface area contributed by atoms with Crippen molar-refractivity contribution in [2.75, 3.05) is 66.0 Å². The molecule has 3 heterocycles. The molecule has 2 aromatic heterocycles. The van der Waals surface area contributed by atoms with Crippen molar-refractivity contribution in [3.63, 3.8) is 0 Å². The van der Waals surface area contributed by atoms with E-state index < -0.39 is 175 Å². The fourth-order valence-electron chi connectivity index (χ4n) is 12.3. The fourth-order valence-corrected chi connectivity index (χ4v) is 13.3. The lowest BCUT2D eigenvalue weighted by Gasteiger charge is -2.29. The number of benzene rings is 3. The number of carbonyl (C=O) groups excluding carboxylic acids is 14. The lowest BCUT2D eigenvalue weighted by molar-refractivity contribution is -0.147. The van der Waals surface area contributed by atoms with Crippen LogP contribution in [0.5, 0.6) is 0 Å². The fraction of sp³-hybridized carbons (Fsp3) is 0.494. The molecule has 1 aliphatic heterocycles. The molecule has 642 valence electrons. The topological polar surface area (TPSA) is 597 Å². The molecule has 13 amide bonds. The molecule has 118 heavy (non-hydrogen) atoms. The first kappa shape index (κ1) is 95.5. The molecular weight excluding hydrogens is 1550 g/mol. The van der Waals surface area contributed by atoms with Crippen LogP contribution in [0, 0.1) is 11.8 Å². The van der Waals surface area contributed by atoms with Gasteiger partial charge in [-0.15, -0.1) is 0 Å². The summed E-state index contributed by atoms with van der Waals surface area (Å²) in [6.45, 7) is 6.54. The average Bonchev–Trinajstić information content (AvgIpc) is 1.62. The quantitative estimate of drug-likeness (QED) is 0.0181. The summed E-state index contributed by atoms with van der Waals surface area (Å²) in [7, 11) is 1.51. The standard InChI is InChI=1S/C79H113N21O17S/c1-44(2)41-60-74(111)91-55(25-32-81)68(105)90-58(28-35-84)73(110)96-65(46(5)101)76(113)87-37-29-59(71(108)89-56(26-33-82)70(107)95-61(75(112)94-60)42-48-15-9-8-10-16-48)92-69(106)57(27-34-83)93-77(114)66(47(6)102)97-72(109)54(24-31-80)88-64(103)30-38-99(39-40-117-78(115)45(3)4)79(116)100-62-43-50(118-63-19-12-11-18-52(63)67(104)85-7)21-22-51(62)53(98-100)23-20-49-17-13-14-36-86-49/h8-23,36,43-47,54-61,65-66,101-102H,24-35,37-42,80-84H2,1-7H3,(H,85,104)(H,87,113)(H,88,103)(H,89,108)(H,90,105)(H,91,111)(H,92,106)(H,93,114)(H,94,112)(H,95,107)(H,96,110)(H,97,109)/b23-20+/t46-,47-,54+,55+,56+,57+,58+,59+,60+,61-,65+,66+/m1/s1. The number of aliphatic hydroxyl groups excluding tert-OH is 2. The van der Waals surface area contributed by atoms with Gasteiger partial charge in [0.15, 0.2) is 0 Å². The van der Waals surface area contributed by atoms with Crippen LogP contribution in [0.1, 0.15) is 120 Å². The van der Waals surface area contributed by atoms with Gasteiger partial charge in [-0.05, 0) is 158 Å². The van der Waals surface area contributed by atoms with Crippen molar-refractivity contribution in [1.82, 2.24) is 83.5 Å². The molecule has 3 aromatic carbocycles. The predicted molar refractivity (Wildman–Crippen MR) is 438 cm³/mol. The first-order chi connectivity index (χ1) is 56.3. The van der Waals surface area contributed by atoms with Crippen LogP contribution in [-0.4, -0.2) is 251 Å². The van der Waals surface area contributed by atoms with Crippen LogP contribution < -0.4 is 92.5 Å². The van der Waals surface area contributed by atoms with Gasteiger partial charge in [-0.25, -0.2) is 4.79 Å². The van der Waals surface area contributed by atoms with E-state index in [-0.39, 0.29) is 109 Å². The maximum absolute atomic E-state index is 15.1. The number of hydrogen-bond acceptors (Lipinski definition) is 25. The first-order valence-electron chi connectivity index (χ1n) is 39.1. The lowest BCUT2D eigenvalue weighted by Crippen LogP contribution is -2.62. The number of carbonyl (C=O) groups is 14. The van der Waals surface area contributed by atoms with Crippen LogP contribution >= 0.6 is 11.8 Å². The van der Waals surface area contributed by atoms with Gasteiger partial charge in [0.1, 0.15) is 67.0 Å². The Balaban J connectivity index is 1.26. The van der Waals surface area contributed by atoms with Crippen molar-refractivity contribution in [3.05, 3.63) is 120 Å². The van der Waals surface area contributed by atoms with Gasteiger partial charge in [0.2, 0.25) is 65.0 Å². The minimum absolute atomic E-state index is 0.0103. The number of pyridine rings is 1. The molecular formula is C79H113N21O17S. The van der Waals surface area contributed by atoms with Crippen molar-refractivity contribution in [3.8, 4) is 0 Å². The first-order valence-corrected chi connectivity index (χ1v) is 39.9. The Hall–Kier alpha value is -11.3. The molecule has 0 unspecified atom stereocenters. The summed E-state index contributed by atoms with van der Waals surface area (Å²) in [5.41, 5.74) is 32.0. The third kappa shape index (κ3) is 29.4. The number of aliphatic hydroxyl groups is 2. The van der Waals surface area contributed by atoms with Crippen LogP contribution in [0.15, 0.2) is 107 Å². The highest BCUT2D eigenvalue weighted by Crippen LogP contribution is 2.34. The van der Waals surface area contributed by atoms with Crippen molar-refractivity contribution < 1.29 is 82.1 Å². The molecule has 38 nitrogen and oxygen atoms in total. The Morgan fingerprint density at radius 1 is 0.627 bits per heavy atom. The summed E-state index contributed by atoms with van der Waals surface area (Å²) < 4.78 is 6.63. The largest absolute Gasteiger partial charge is 0.464 e. The third-order valence-electron chi connectivity index (χ3n) is 18.7. The highest BCUT2D eigenvalue weighted by molar-refractivity contribution is 7.99. The number of rotatable bonds is 35. The van der Waals surface area contributed by atoms with E-state index in [2.05, 4.69) is 68.8 Å². The lowest BCUT2D eigenvalue weighted by atomic mass is 10.00. The maximum Gasteiger partial charge on any atom is 0.345 e. The maximum atomic E-state index is 15.1. The zero-order valence-electron chi connectivity index (χ0n) is 67.3. The number of esters is 1. The van der Waals surface area contributed by atoms with Crippen LogP contribution in [0.2, 0.25) is 0 Å². The van der Waals surface area contributed by atoms with Gasteiger partial charge in [0.05, 0.1) is 47.1 Å². The Bertz CT molecular complexity index is 4290. The van der Waals surface area contributed by atoms with Gasteiger partial charge in [0.25, 0.3) is 5.91 Å². The summed E-state index contributed by atoms with van der Waals surface area (Å²) in [5.74, 6) is -12.5. The summed E-state index contributed by atoms with van der Waals surface area (Å²) in [6.07, 6.45) is -0.822. The van der Waals surface area contributed by atoms with E-state index in [1.807, 2.05) is 0 Å². The smallest absolute Gasteiger partial charge is 0.345 e. The average molecular weight is 1660 g/mol. The van der Waals surface area contributed by atoms with Crippen molar-refractivity contribution in [1.29, 1.82) is 0 Å². The van der Waals surface area contributed by atoms with Crippen molar-refractivity contribution in [2.45, 2.75) is 182 Å². The Morgan fingerprint density at radius 2 is 1.20 bits per heavy atom. The number of nitrogens with two attached hydrogens (primary N) is 5. The van der Waals surface area contributed by atoms with E-state index in [4.69, 9.17) is 38.5 Å². The number of nitrogens with one attached hydrogen (secondary N) is 12.